The summed E-state index contributed by atoms with van der Waals surface area (Å²) in [6.07, 6.45) is 0. The summed E-state index contributed by atoms with van der Waals surface area (Å²) in [7, 11) is 2.09. The molecular weight excluding hydrogens is 252 g/mol. The average molecular weight is 270 g/mol. The minimum Gasteiger partial charge on any atom is -0.389 e. The molecular formula is C16H18N2S. The molecule has 0 fully saturated rings. The van der Waals surface area contributed by atoms with E-state index in [0.717, 1.165) is 17.8 Å². The monoisotopic (exact) mass is 270 g/mol. The Bertz CT molecular complexity index is 576. The van der Waals surface area contributed by atoms with Gasteiger partial charge >= 0.3 is 0 Å². The van der Waals surface area contributed by atoms with E-state index < -0.39 is 0 Å². The third-order valence-electron chi connectivity index (χ3n) is 3.26. The van der Waals surface area contributed by atoms with E-state index in [9.17, 15) is 0 Å². The zero-order valence-electron chi connectivity index (χ0n) is 11.3. The first-order chi connectivity index (χ1) is 9.08. The Hall–Kier alpha value is -1.87. The van der Waals surface area contributed by atoms with Crippen LogP contribution < -0.4 is 10.6 Å². The Morgan fingerprint density at radius 2 is 1.74 bits per heavy atom. The highest BCUT2D eigenvalue weighted by Gasteiger charge is 2.04. The molecule has 0 bridgehead atoms. The van der Waals surface area contributed by atoms with Crippen LogP contribution in [-0.2, 0) is 6.54 Å². The Morgan fingerprint density at radius 1 is 1.11 bits per heavy atom. The molecule has 2 N–H and O–H groups in total. The molecule has 0 aliphatic rings. The molecule has 0 radical (unpaired) electrons. The smallest absolute Gasteiger partial charge is 0.103 e. The maximum atomic E-state index is 5.60. The van der Waals surface area contributed by atoms with Gasteiger partial charge in [-0.3, -0.25) is 0 Å². The topological polar surface area (TPSA) is 29.3 Å². The normalized spacial score (nSPS) is 10.2. The fraction of sp³-hybridized carbons (Fsp3) is 0.188. The van der Waals surface area contributed by atoms with Gasteiger partial charge in [-0.05, 0) is 42.3 Å². The Balaban J connectivity index is 2.14. The van der Waals surface area contributed by atoms with E-state index in [4.69, 9.17) is 18.0 Å². The van der Waals surface area contributed by atoms with Gasteiger partial charge in [0.15, 0.2) is 0 Å². The largest absolute Gasteiger partial charge is 0.389 e. The molecule has 0 saturated heterocycles. The minimum absolute atomic E-state index is 0.438. The predicted octanol–water partition coefficient (Wildman–Crippen LogP) is 3.27. The Labute approximate surface area is 119 Å². The van der Waals surface area contributed by atoms with Crippen LogP contribution in [0.1, 0.15) is 16.7 Å². The number of anilines is 1. The maximum absolute atomic E-state index is 5.60. The molecule has 0 saturated carbocycles. The van der Waals surface area contributed by atoms with Crippen molar-refractivity contribution in [2.75, 3.05) is 11.9 Å². The first-order valence-electron chi connectivity index (χ1n) is 6.23. The molecule has 3 heteroatoms. The number of aryl methyl sites for hydroxylation is 1. The molecule has 0 aliphatic carbocycles. The highest BCUT2D eigenvalue weighted by Crippen LogP contribution is 2.18. The summed E-state index contributed by atoms with van der Waals surface area (Å²) in [4.78, 5) is 2.65. The molecule has 0 unspecified atom stereocenters. The zero-order chi connectivity index (χ0) is 13.8. The molecule has 2 aromatic carbocycles. The van der Waals surface area contributed by atoms with E-state index in [2.05, 4.69) is 43.1 Å². The lowest BCUT2D eigenvalue weighted by Crippen LogP contribution is -2.17. The molecule has 98 valence electrons. The van der Waals surface area contributed by atoms with E-state index in [1.165, 1.54) is 11.1 Å². The lowest BCUT2D eigenvalue weighted by molar-refractivity contribution is 0.914. The molecule has 2 aromatic rings. The molecule has 2 nitrogen and oxygen atoms in total. The van der Waals surface area contributed by atoms with Crippen molar-refractivity contribution in [3.8, 4) is 0 Å². The molecule has 0 spiro atoms. The minimum atomic E-state index is 0.438. The van der Waals surface area contributed by atoms with Gasteiger partial charge in [-0.1, -0.05) is 36.5 Å². The number of nitrogens with zero attached hydrogens (tertiary/aromatic N) is 1. The number of hydrogen-bond acceptors (Lipinski definition) is 2. The van der Waals surface area contributed by atoms with E-state index in [-0.39, 0.29) is 0 Å². The quantitative estimate of drug-likeness (QED) is 0.865. The Kier molecular flexibility index (Phi) is 4.17. The van der Waals surface area contributed by atoms with Gasteiger partial charge in [-0.2, -0.15) is 0 Å². The van der Waals surface area contributed by atoms with Gasteiger partial charge in [0, 0.05) is 24.8 Å². The first-order valence-corrected chi connectivity index (χ1v) is 6.64. The van der Waals surface area contributed by atoms with Crippen LogP contribution in [0.4, 0.5) is 5.69 Å². The van der Waals surface area contributed by atoms with Gasteiger partial charge in [0.1, 0.15) is 4.99 Å². The van der Waals surface area contributed by atoms with Crippen molar-refractivity contribution in [3.63, 3.8) is 0 Å². The molecule has 0 atom stereocenters. The highest BCUT2D eigenvalue weighted by atomic mass is 32.1. The molecule has 0 heterocycles. The van der Waals surface area contributed by atoms with Crippen molar-refractivity contribution >= 4 is 22.9 Å². The lowest BCUT2D eigenvalue weighted by atomic mass is 10.1. The van der Waals surface area contributed by atoms with Crippen LogP contribution in [0.2, 0.25) is 0 Å². The number of rotatable bonds is 4. The third kappa shape index (κ3) is 3.32. The van der Waals surface area contributed by atoms with Crippen molar-refractivity contribution in [1.29, 1.82) is 0 Å². The summed E-state index contributed by atoms with van der Waals surface area (Å²) in [6.45, 7) is 3.03. The van der Waals surface area contributed by atoms with Crippen LogP contribution >= 0.6 is 12.2 Å². The van der Waals surface area contributed by atoms with Crippen molar-refractivity contribution in [2.45, 2.75) is 13.5 Å². The van der Waals surface area contributed by atoms with Crippen LogP contribution in [0.15, 0.2) is 48.5 Å². The standard InChI is InChI=1S/C16H18N2S/c1-12-5-3-4-6-14(12)11-18(2)15-9-7-13(8-10-15)16(17)19/h3-10H,11H2,1-2H3,(H2,17,19). The van der Waals surface area contributed by atoms with Crippen LogP contribution in [0, 0.1) is 6.92 Å². The second-order valence-electron chi connectivity index (χ2n) is 4.69. The summed E-state index contributed by atoms with van der Waals surface area (Å²) in [6, 6.07) is 16.5. The number of hydrogen-bond donors (Lipinski definition) is 1. The molecule has 0 amide bonds. The second-order valence-corrected chi connectivity index (χ2v) is 5.13. The molecule has 19 heavy (non-hydrogen) atoms. The summed E-state index contributed by atoms with van der Waals surface area (Å²) in [5, 5.41) is 0. The van der Waals surface area contributed by atoms with Crippen LogP contribution in [0.5, 0.6) is 0 Å². The van der Waals surface area contributed by atoms with E-state index in [1.54, 1.807) is 0 Å². The molecule has 0 aromatic heterocycles. The van der Waals surface area contributed by atoms with E-state index >= 15 is 0 Å². The summed E-state index contributed by atoms with van der Waals surface area (Å²) < 4.78 is 0. The Morgan fingerprint density at radius 3 is 2.32 bits per heavy atom. The van der Waals surface area contributed by atoms with Crippen molar-refractivity contribution in [1.82, 2.24) is 0 Å². The maximum Gasteiger partial charge on any atom is 0.103 e. The van der Waals surface area contributed by atoms with Crippen LogP contribution in [0.3, 0.4) is 0 Å². The lowest BCUT2D eigenvalue weighted by Gasteiger charge is -2.20. The van der Waals surface area contributed by atoms with Gasteiger partial charge < -0.3 is 10.6 Å². The summed E-state index contributed by atoms with van der Waals surface area (Å²) in [5.74, 6) is 0. The number of nitrogens with two attached hydrogens (primary N) is 1. The third-order valence-corrected chi connectivity index (χ3v) is 3.50. The number of benzene rings is 2. The van der Waals surface area contributed by atoms with Crippen molar-refractivity contribution in [3.05, 3.63) is 65.2 Å². The van der Waals surface area contributed by atoms with Crippen LogP contribution in [0.25, 0.3) is 0 Å². The summed E-state index contributed by atoms with van der Waals surface area (Å²) >= 11 is 4.96. The van der Waals surface area contributed by atoms with Gasteiger partial charge in [0.25, 0.3) is 0 Å². The average Bonchev–Trinajstić information content (AvgIpc) is 2.41. The zero-order valence-corrected chi connectivity index (χ0v) is 12.1. The van der Waals surface area contributed by atoms with E-state index in [0.29, 0.717) is 4.99 Å². The van der Waals surface area contributed by atoms with Crippen molar-refractivity contribution < 1.29 is 0 Å². The van der Waals surface area contributed by atoms with Gasteiger partial charge in [-0.25, -0.2) is 0 Å². The van der Waals surface area contributed by atoms with Crippen molar-refractivity contribution in [2.24, 2.45) is 5.73 Å². The van der Waals surface area contributed by atoms with E-state index in [1.807, 2.05) is 24.3 Å². The SMILES string of the molecule is Cc1ccccc1CN(C)c1ccc(C(N)=S)cc1. The fourth-order valence-electron chi connectivity index (χ4n) is 2.01. The molecule has 0 aliphatic heterocycles. The highest BCUT2D eigenvalue weighted by molar-refractivity contribution is 7.80. The predicted molar refractivity (Wildman–Crippen MR) is 85.6 cm³/mol. The fourth-order valence-corrected chi connectivity index (χ4v) is 2.15. The summed E-state index contributed by atoms with van der Waals surface area (Å²) in [5.41, 5.74) is 10.3. The van der Waals surface area contributed by atoms with Gasteiger partial charge in [0.2, 0.25) is 0 Å². The van der Waals surface area contributed by atoms with Crippen LogP contribution in [-0.4, -0.2) is 12.0 Å². The molecule has 2 rings (SSSR count). The van der Waals surface area contributed by atoms with Gasteiger partial charge in [0.05, 0.1) is 0 Å². The van der Waals surface area contributed by atoms with Gasteiger partial charge in [-0.15, -0.1) is 0 Å². The number of thiocarbonyl (C=S) groups is 1. The second kappa shape index (κ2) is 5.85. The first kappa shape index (κ1) is 13.6.